The molecule has 1 aliphatic heterocycles. The molecule has 0 amide bonds. The van der Waals surface area contributed by atoms with Crippen LogP contribution in [0.25, 0.3) is 11.2 Å². The number of hydrogen-bond acceptors (Lipinski definition) is 8. The Bertz CT molecular complexity index is 707. The first-order valence-electron chi connectivity index (χ1n) is 8.52. The lowest BCUT2D eigenvalue weighted by atomic mass is 10.0. The summed E-state index contributed by atoms with van der Waals surface area (Å²) in [4.78, 5) is 12.9. The van der Waals surface area contributed by atoms with Gasteiger partial charge in [0.05, 0.1) is 31.7 Å². The van der Waals surface area contributed by atoms with Crippen LogP contribution in [0.2, 0.25) is 0 Å². The van der Waals surface area contributed by atoms with Crippen LogP contribution in [0.1, 0.15) is 32.9 Å². The van der Waals surface area contributed by atoms with Crippen LogP contribution < -0.4 is 5.32 Å². The van der Waals surface area contributed by atoms with Crippen molar-refractivity contribution in [3.8, 4) is 0 Å². The fourth-order valence-electron chi connectivity index (χ4n) is 3.16. The molecule has 1 fully saturated rings. The van der Waals surface area contributed by atoms with Gasteiger partial charge in [0, 0.05) is 6.42 Å². The highest BCUT2D eigenvalue weighted by molar-refractivity contribution is 5.82. The molecule has 3 rings (SSSR count). The average molecular weight is 351 g/mol. The van der Waals surface area contributed by atoms with Gasteiger partial charge in [0.2, 0.25) is 0 Å². The predicted molar refractivity (Wildman–Crippen MR) is 90.9 cm³/mol. The van der Waals surface area contributed by atoms with Gasteiger partial charge in [-0.3, -0.25) is 4.57 Å². The second-order valence-electron chi connectivity index (χ2n) is 6.81. The first kappa shape index (κ1) is 18.0. The maximum atomic E-state index is 9.93. The second kappa shape index (κ2) is 7.61. The molecule has 0 radical (unpaired) electrons. The van der Waals surface area contributed by atoms with Gasteiger partial charge in [-0.2, -0.15) is 0 Å². The van der Waals surface area contributed by atoms with Crippen LogP contribution in [-0.4, -0.2) is 66.3 Å². The topological polar surface area (TPSA) is 126 Å². The van der Waals surface area contributed by atoms with Crippen LogP contribution in [-0.2, 0) is 4.74 Å². The molecule has 0 spiro atoms. The van der Waals surface area contributed by atoms with Gasteiger partial charge in [-0.05, 0) is 12.3 Å². The van der Waals surface area contributed by atoms with E-state index in [1.807, 2.05) is 0 Å². The molecular formula is C16H25N5O4. The van der Waals surface area contributed by atoms with Gasteiger partial charge in [0.1, 0.15) is 18.7 Å². The number of hydrogen-bond donors (Lipinski definition) is 4. The maximum absolute atomic E-state index is 9.93. The summed E-state index contributed by atoms with van der Waals surface area (Å²) in [5.41, 5.74) is 1.16. The van der Waals surface area contributed by atoms with E-state index in [0.29, 0.717) is 29.3 Å². The lowest BCUT2D eigenvalue weighted by Gasteiger charge is -2.19. The van der Waals surface area contributed by atoms with Crippen molar-refractivity contribution in [2.75, 3.05) is 18.5 Å². The summed E-state index contributed by atoms with van der Waals surface area (Å²) in [6, 6.07) is -0.119. The molecule has 1 unspecified atom stereocenters. The maximum Gasteiger partial charge on any atom is 0.167 e. The molecule has 0 bridgehead atoms. The van der Waals surface area contributed by atoms with Gasteiger partial charge >= 0.3 is 0 Å². The van der Waals surface area contributed by atoms with Gasteiger partial charge in [-0.1, -0.05) is 13.8 Å². The summed E-state index contributed by atoms with van der Waals surface area (Å²) < 4.78 is 7.41. The van der Waals surface area contributed by atoms with E-state index in [9.17, 15) is 15.3 Å². The van der Waals surface area contributed by atoms with Gasteiger partial charge < -0.3 is 25.4 Å². The first-order chi connectivity index (χ1) is 12.0. The van der Waals surface area contributed by atoms with E-state index in [4.69, 9.17) is 4.74 Å². The van der Waals surface area contributed by atoms with Crippen molar-refractivity contribution < 1.29 is 20.1 Å². The molecule has 1 aliphatic rings. The number of imidazole rings is 1. The second-order valence-corrected chi connectivity index (χ2v) is 6.81. The van der Waals surface area contributed by atoms with Gasteiger partial charge in [0.15, 0.2) is 17.0 Å². The molecule has 25 heavy (non-hydrogen) atoms. The largest absolute Gasteiger partial charge is 0.394 e. The molecule has 1 saturated heterocycles. The van der Waals surface area contributed by atoms with E-state index in [0.717, 1.165) is 6.42 Å². The van der Waals surface area contributed by atoms with Crippen molar-refractivity contribution >= 4 is 17.0 Å². The van der Waals surface area contributed by atoms with Crippen LogP contribution >= 0.6 is 0 Å². The van der Waals surface area contributed by atoms with Crippen LogP contribution in [0.5, 0.6) is 0 Å². The highest BCUT2D eigenvalue weighted by atomic mass is 16.5. The van der Waals surface area contributed by atoms with Gasteiger partial charge in [-0.25, -0.2) is 15.0 Å². The Morgan fingerprint density at radius 1 is 1.32 bits per heavy atom. The van der Waals surface area contributed by atoms with Crippen LogP contribution in [0.4, 0.5) is 5.82 Å². The highest BCUT2D eigenvalue weighted by Crippen LogP contribution is 2.31. The normalized spacial score (nSPS) is 25.0. The third kappa shape index (κ3) is 3.74. The van der Waals surface area contributed by atoms with Crippen molar-refractivity contribution in [2.45, 2.75) is 51.2 Å². The third-order valence-electron chi connectivity index (χ3n) is 4.37. The van der Waals surface area contributed by atoms with E-state index in [2.05, 4.69) is 34.1 Å². The van der Waals surface area contributed by atoms with Crippen LogP contribution in [0.3, 0.4) is 0 Å². The zero-order valence-electron chi connectivity index (χ0n) is 14.4. The fraction of sp³-hybridized carbons (Fsp3) is 0.688. The number of ether oxygens (including phenoxy) is 1. The Balaban J connectivity index is 1.85. The van der Waals surface area contributed by atoms with Crippen molar-refractivity contribution in [2.24, 2.45) is 5.92 Å². The van der Waals surface area contributed by atoms with E-state index < -0.39 is 18.4 Å². The number of nitrogens with zero attached hydrogens (tertiary/aromatic N) is 4. The zero-order valence-corrected chi connectivity index (χ0v) is 14.4. The number of fused-ring (bicyclic) bond motifs is 1. The van der Waals surface area contributed by atoms with E-state index in [1.54, 1.807) is 10.9 Å². The molecule has 138 valence electrons. The van der Waals surface area contributed by atoms with Gasteiger partial charge in [-0.15, -0.1) is 0 Å². The summed E-state index contributed by atoms with van der Waals surface area (Å²) in [5.74, 6) is 0.990. The average Bonchev–Trinajstić information content (AvgIpc) is 3.17. The Hall–Kier alpha value is -1.81. The monoisotopic (exact) mass is 351 g/mol. The summed E-state index contributed by atoms with van der Waals surface area (Å²) in [7, 11) is 0. The van der Waals surface area contributed by atoms with E-state index >= 15 is 0 Å². The SMILES string of the molecule is CC(C)C[C@@H](CO)Nc1ncnc2c1ncn2[C@H]1CC(O)[C@@H](CO)O1. The van der Waals surface area contributed by atoms with Crippen molar-refractivity contribution in [1.29, 1.82) is 0 Å². The molecular weight excluding hydrogens is 326 g/mol. The number of aliphatic hydroxyl groups is 3. The molecule has 3 heterocycles. The summed E-state index contributed by atoms with van der Waals surface area (Å²) in [6.45, 7) is 3.95. The first-order valence-corrected chi connectivity index (χ1v) is 8.52. The quantitative estimate of drug-likeness (QED) is 0.561. The minimum Gasteiger partial charge on any atom is -0.394 e. The number of aliphatic hydroxyl groups excluding tert-OH is 3. The molecule has 0 saturated carbocycles. The fourth-order valence-corrected chi connectivity index (χ4v) is 3.16. The molecule has 0 aromatic carbocycles. The Morgan fingerprint density at radius 3 is 2.76 bits per heavy atom. The molecule has 2 aromatic rings. The predicted octanol–water partition coefficient (Wildman–Crippen LogP) is 0.286. The lowest BCUT2D eigenvalue weighted by Crippen LogP contribution is -2.26. The molecule has 2 aromatic heterocycles. The zero-order chi connectivity index (χ0) is 18.0. The summed E-state index contributed by atoms with van der Waals surface area (Å²) in [6.07, 6.45) is 2.42. The van der Waals surface area contributed by atoms with E-state index in [-0.39, 0.29) is 19.3 Å². The van der Waals surface area contributed by atoms with Crippen molar-refractivity contribution in [3.63, 3.8) is 0 Å². The van der Waals surface area contributed by atoms with Crippen LogP contribution in [0.15, 0.2) is 12.7 Å². The minimum atomic E-state index is -0.725. The molecule has 4 N–H and O–H groups in total. The molecule has 4 atom stereocenters. The Kier molecular flexibility index (Phi) is 5.48. The minimum absolute atomic E-state index is 0.000489. The number of anilines is 1. The number of nitrogens with one attached hydrogen (secondary N) is 1. The number of aromatic nitrogens is 4. The molecule has 0 aliphatic carbocycles. The highest BCUT2D eigenvalue weighted by Gasteiger charge is 2.35. The third-order valence-corrected chi connectivity index (χ3v) is 4.37. The Morgan fingerprint density at radius 2 is 2.12 bits per heavy atom. The molecule has 9 heteroatoms. The van der Waals surface area contributed by atoms with Crippen molar-refractivity contribution in [3.05, 3.63) is 12.7 Å². The molecule has 9 nitrogen and oxygen atoms in total. The van der Waals surface area contributed by atoms with E-state index in [1.165, 1.54) is 6.33 Å². The van der Waals surface area contributed by atoms with Crippen molar-refractivity contribution in [1.82, 2.24) is 19.5 Å². The smallest absolute Gasteiger partial charge is 0.167 e. The summed E-state index contributed by atoms with van der Waals surface area (Å²) >= 11 is 0. The summed E-state index contributed by atoms with van der Waals surface area (Å²) in [5, 5.41) is 32.0. The van der Waals surface area contributed by atoms with Crippen LogP contribution in [0, 0.1) is 5.92 Å². The standard InChI is InChI=1S/C16H25N5O4/c1-9(2)3-10(5-22)20-15-14-16(18-7-17-15)21(8-19-14)13-4-11(24)12(6-23)25-13/h7-13,22-24H,3-6H2,1-2H3,(H,17,18,20)/t10-,11?,12+,13+/m0/s1. The van der Waals surface area contributed by atoms with Gasteiger partial charge in [0.25, 0.3) is 0 Å². The number of rotatable bonds is 7. The lowest BCUT2D eigenvalue weighted by molar-refractivity contribution is -0.0432. The Labute approximate surface area is 145 Å².